The third-order valence-electron chi connectivity index (χ3n) is 3.60. The molecule has 7 nitrogen and oxygen atoms in total. The van der Waals surface area contributed by atoms with Crippen molar-refractivity contribution in [1.29, 1.82) is 0 Å². The van der Waals surface area contributed by atoms with Gasteiger partial charge in [0.1, 0.15) is 17.1 Å². The standard InChI is InChI=1S/C16H9ClF4N4O3/c1-27-14(26)10-11(9-7(17)3-2-4-8(9)18)25-28-12(10)6-5-23-15(22)24-13(6)16(19,20)21/h2-5H,1H3,(H2,22,23,24). The molecule has 28 heavy (non-hydrogen) atoms. The van der Waals surface area contributed by atoms with Crippen LogP contribution in [0.2, 0.25) is 5.02 Å². The van der Waals surface area contributed by atoms with Gasteiger partial charge < -0.3 is 15.0 Å². The fraction of sp³-hybridized carbons (Fsp3) is 0.125. The fourth-order valence-corrected chi connectivity index (χ4v) is 2.69. The number of hydrogen-bond donors (Lipinski definition) is 1. The van der Waals surface area contributed by atoms with E-state index in [1.807, 2.05) is 0 Å². The smallest absolute Gasteiger partial charge is 0.434 e. The number of alkyl halides is 3. The SMILES string of the molecule is COC(=O)c1c(-c2c(F)cccc2Cl)noc1-c1cnc(N)nc1C(F)(F)F. The molecule has 0 atom stereocenters. The summed E-state index contributed by atoms with van der Waals surface area (Å²) in [6, 6.07) is 3.64. The van der Waals surface area contributed by atoms with Crippen LogP contribution in [0.25, 0.3) is 22.6 Å². The van der Waals surface area contributed by atoms with E-state index < -0.39 is 52.2 Å². The lowest BCUT2D eigenvalue weighted by Crippen LogP contribution is -2.14. The molecule has 3 aromatic rings. The zero-order valence-electron chi connectivity index (χ0n) is 13.8. The molecule has 0 saturated heterocycles. The van der Waals surface area contributed by atoms with Gasteiger partial charge >= 0.3 is 12.1 Å². The molecule has 1 aromatic carbocycles. The predicted octanol–water partition coefficient (Wildman–Crippen LogP) is 3.98. The van der Waals surface area contributed by atoms with Crippen LogP contribution in [0.15, 0.2) is 28.9 Å². The molecule has 2 heterocycles. The monoisotopic (exact) mass is 416 g/mol. The Kier molecular flexibility index (Phi) is 4.94. The Hall–Kier alpha value is -3.21. The summed E-state index contributed by atoms with van der Waals surface area (Å²) in [6.07, 6.45) is -4.24. The van der Waals surface area contributed by atoms with Gasteiger partial charge in [-0.1, -0.05) is 22.8 Å². The minimum Gasteiger partial charge on any atom is -0.465 e. The second-order valence-electron chi connectivity index (χ2n) is 5.31. The van der Waals surface area contributed by atoms with Crippen molar-refractivity contribution in [1.82, 2.24) is 15.1 Å². The van der Waals surface area contributed by atoms with Gasteiger partial charge in [0.25, 0.3) is 0 Å². The van der Waals surface area contributed by atoms with E-state index >= 15 is 0 Å². The van der Waals surface area contributed by atoms with Crippen LogP contribution in [0, 0.1) is 5.82 Å². The van der Waals surface area contributed by atoms with Crippen molar-refractivity contribution in [3.05, 3.63) is 46.5 Å². The van der Waals surface area contributed by atoms with Crippen LogP contribution in [0.3, 0.4) is 0 Å². The third-order valence-corrected chi connectivity index (χ3v) is 3.92. The van der Waals surface area contributed by atoms with E-state index in [0.29, 0.717) is 6.20 Å². The van der Waals surface area contributed by atoms with Crippen molar-refractivity contribution in [2.24, 2.45) is 0 Å². The molecule has 0 unspecified atom stereocenters. The number of nitrogens with two attached hydrogens (primary N) is 1. The number of esters is 1. The fourth-order valence-electron chi connectivity index (χ4n) is 2.44. The second kappa shape index (κ2) is 7.08. The lowest BCUT2D eigenvalue weighted by Gasteiger charge is -2.11. The molecule has 0 saturated carbocycles. The Morgan fingerprint density at radius 1 is 1.32 bits per heavy atom. The molecule has 0 radical (unpaired) electrons. The van der Waals surface area contributed by atoms with Gasteiger partial charge in [0, 0.05) is 6.20 Å². The van der Waals surface area contributed by atoms with E-state index in [0.717, 1.165) is 13.2 Å². The highest BCUT2D eigenvalue weighted by atomic mass is 35.5. The van der Waals surface area contributed by atoms with Crippen molar-refractivity contribution in [2.45, 2.75) is 6.18 Å². The third kappa shape index (κ3) is 3.36. The Balaban J connectivity index is 2.34. The second-order valence-corrected chi connectivity index (χ2v) is 5.72. The first-order valence-electron chi connectivity index (χ1n) is 7.37. The average Bonchev–Trinajstić information content (AvgIpc) is 3.04. The summed E-state index contributed by atoms with van der Waals surface area (Å²) in [5.41, 5.74) is 1.69. The number of nitrogens with zero attached hydrogens (tertiary/aromatic N) is 3. The molecule has 146 valence electrons. The number of anilines is 1. The van der Waals surface area contributed by atoms with E-state index in [9.17, 15) is 22.4 Å². The molecule has 0 spiro atoms. The van der Waals surface area contributed by atoms with Crippen molar-refractivity contribution < 1.29 is 31.6 Å². The maximum atomic E-state index is 14.3. The summed E-state index contributed by atoms with van der Waals surface area (Å²) in [5, 5.41) is 3.40. The first-order valence-corrected chi connectivity index (χ1v) is 7.75. The maximum Gasteiger partial charge on any atom is 0.434 e. The number of aromatic nitrogens is 3. The molecule has 0 aliphatic heterocycles. The number of nitrogen functional groups attached to an aromatic ring is 1. The highest BCUT2D eigenvalue weighted by molar-refractivity contribution is 6.33. The Bertz CT molecular complexity index is 1050. The molecule has 0 aliphatic carbocycles. The number of rotatable bonds is 3. The Labute approximate surface area is 159 Å². The Morgan fingerprint density at radius 2 is 2.04 bits per heavy atom. The highest BCUT2D eigenvalue weighted by Gasteiger charge is 2.40. The first kappa shape index (κ1) is 19.5. The topological polar surface area (TPSA) is 104 Å². The van der Waals surface area contributed by atoms with Gasteiger partial charge in [-0.25, -0.2) is 19.2 Å². The van der Waals surface area contributed by atoms with Gasteiger partial charge in [0.2, 0.25) is 5.95 Å². The number of ether oxygens (including phenoxy) is 1. The van der Waals surface area contributed by atoms with Crippen LogP contribution in [-0.2, 0) is 10.9 Å². The van der Waals surface area contributed by atoms with Crippen LogP contribution < -0.4 is 5.73 Å². The Morgan fingerprint density at radius 3 is 2.64 bits per heavy atom. The van der Waals surface area contributed by atoms with E-state index in [4.69, 9.17) is 21.9 Å². The van der Waals surface area contributed by atoms with Gasteiger partial charge in [-0.15, -0.1) is 0 Å². The normalized spacial score (nSPS) is 11.5. The maximum absolute atomic E-state index is 14.3. The predicted molar refractivity (Wildman–Crippen MR) is 88.7 cm³/mol. The van der Waals surface area contributed by atoms with E-state index in [-0.39, 0.29) is 10.6 Å². The molecule has 0 bridgehead atoms. The van der Waals surface area contributed by atoms with E-state index in [1.165, 1.54) is 12.1 Å². The zero-order valence-corrected chi connectivity index (χ0v) is 14.6. The molecule has 12 heteroatoms. The lowest BCUT2D eigenvalue weighted by molar-refractivity contribution is -0.140. The number of carbonyl (C=O) groups is 1. The number of carbonyl (C=O) groups excluding carboxylic acids is 1. The minimum atomic E-state index is -4.96. The summed E-state index contributed by atoms with van der Waals surface area (Å²) in [6.45, 7) is 0. The summed E-state index contributed by atoms with van der Waals surface area (Å²) < 4.78 is 64.0. The molecule has 0 amide bonds. The molecule has 2 aromatic heterocycles. The van der Waals surface area contributed by atoms with Gasteiger partial charge in [-0.05, 0) is 12.1 Å². The van der Waals surface area contributed by atoms with Crippen LogP contribution in [0.1, 0.15) is 16.1 Å². The molecular weight excluding hydrogens is 408 g/mol. The van der Waals surface area contributed by atoms with Gasteiger partial charge in [-0.3, -0.25) is 0 Å². The van der Waals surface area contributed by atoms with Crippen LogP contribution in [0.5, 0.6) is 0 Å². The molecule has 0 fully saturated rings. The van der Waals surface area contributed by atoms with Crippen molar-refractivity contribution in [3.63, 3.8) is 0 Å². The lowest BCUT2D eigenvalue weighted by atomic mass is 10.0. The zero-order chi connectivity index (χ0) is 20.6. The van der Waals surface area contributed by atoms with Crippen LogP contribution in [-0.4, -0.2) is 28.2 Å². The molecule has 0 aliphatic rings. The van der Waals surface area contributed by atoms with Gasteiger partial charge in [-0.2, -0.15) is 13.2 Å². The number of methoxy groups -OCH3 is 1. The van der Waals surface area contributed by atoms with Crippen molar-refractivity contribution in [2.75, 3.05) is 12.8 Å². The van der Waals surface area contributed by atoms with Crippen molar-refractivity contribution >= 4 is 23.5 Å². The van der Waals surface area contributed by atoms with Crippen LogP contribution in [0.4, 0.5) is 23.5 Å². The minimum absolute atomic E-state index is 0.144. The van der Waals surface area contributed by atoms with E-state index in [2.05, 4.69) is 19.9 Å². The molecule has 2 N–H and O–H groups in total. The first-order chi connectivity index (χ1) is 13.1. The van der Waals surface area contributed by atoms with Crippen molar-refractivity contribution in [3.8, 4) is 22.6 Å². The van der Waals surface area contributed by atoms with Gasteiger partial charge in [0.15, 0.2) is 11.5 Å². The average molecular weight is 417 g/mol. The number of benzene rings is 1. The molecular formula is C16H9ClF4N4O3. The van der Waals surface area contributed by atoms with E-state index in [1.54, 1.807) is 0 Å². The number of halogens is 5. The summed E-state index contributed by atoms with van der Waals surface area (Å²) in [5.74, 6) is -3.32. The summed E-state index contributed by atoms with van der Waals surface area (Å²) in [7, 11) is 0.982. The highest BCUT2D eigenvalue weighted by Crippen LogP contribution is 2.41. The number of hydrogen-bond acceptors (Lipinski definition) is 7. The quantitative estimate of drug-likeness (QED) is 0.508. The molecule has 3 rings (SSSR count). The summed E-state index contributed by atoms with van der Waals surface area (Å²) >= 11 is 5.97. The van der Waals surface area contributed by atoms with Crippen LogP contribution >= 0.6 is 11.6 Å². The largest absolute Gasteiger partial charge is 0.465 e. The van der Waals surface area contributed by atoms with Gasteiger partial charge in [0.05, 0.1) is 23.3 Å². The summed E-state index contributed by atoms with van der Waals surface area (Å²) in [4.78, 5) is 18.9.